The van der Waals surface area contributed by atoms with E-state index in [2.05, 4.69) is 26.1 Å². The minimum Gasteiger partial charge on any atom is -0.378 e. The summed E-state index contributed by atoms with van der Waals surface area (Å²) in [6, 6.07) is 1.51. The molecule has 2 heteroatoms. The third kappa shape index (κ3) is 2.66. The molecule has 20 heavy (non-hydrogen) atoms. The standard InChI is InChI=1S/C18H33NO/c1-4-20-16-13-15(18(16)9-5-6-10-18)19-14-7-11-17(2,3)12-8-14/h14-16,19H,4-13H2,1-3H3. The first-order valence-corrected chi connectivity index (χ1v) is 8.93. The van der Waals surface area contributed by atoms with Crippen LogP contribution in [0.5, 0.6) is 0 Å². The van der Waals surface area contributed by atoms with Crippen LogP contribution in [0, 0.1) is 10.8 Å². The highest BCUT2D eigenvalue weighted by atomic mass is 16.5. The maximum Gasteiger partial charge on any atom is 0.0661 e. The SMILES string of the molecule is CCOC1CC(NC2CCC(C)(C)CC2)C12CCCC2. The highest BCUT2D eigenvalue weighted by Gasteiger charge is 2.56. The lowest BCUT2D eigenvalue weighted by Gasteiger charge is -2.55. The molecule has 116 valence electrons. The first kappa shape index (κ1) is 14.8. The van der Waals surface area contributed by atoms with Crippen LogP contribution < -0.4 is 5.32 Å². The van der Waals surface area contributed by atoms with Crippen LogP contribution in [0.15, 0.2) is 0 Å². The number of rotatable bonds is 4. The molecule has 2 atom stereocenters. The first-order valence-electron chi connectivity index (χ1n) is 8.93. The van der Waals surface area contributed by atoms with Crippen molar-refractivity contribution in [3.05, 3.63) is 0 Å². The minimum absolute atomic E-state index is 0.503. The lowest BCUT2D eigenvalue weighted by molar-refractivity contribution is -0.133. The van der Waals surface area contributed by atoms with Gasteiger partial charge < -0.3 is 10.1 Å². The molecule has 3 saturated carbocycles. The number of hydrogen-bond acceptors (Lipinski definition) is 2. The molecule has 0 bridgehead atoms. The molecule has 3 aliphatic rings. The topological polar surface area (TPSA) is 21.3 Å². The van der Waals surface area contributed by atoms with E-state index >= 15 is 0 Å². The van der Waals surface area contributed by atoms with E-state index in [-0.39, 0.29) is 0 Å². The van der Waals surface area contributed by atoms with Gasteiger partial charge in [-0.05, 0) is 57.3 Å². The zero-order chi connectivity index (χ0) is 14.2. The molecule has 0 aromatic carbocycles. The lowest BCUT2D eigenvalue weighted by Crippen LogP contribution is -2.64. The fourth-order valence-electron chi connectivity index (χ4n) is 4.97. The van der Waals surface area contributed by atoms with Crippen LogP contribution in [-0.4, -0.2) is 24.8 Å². The summed E-state index contributed by atoms with van der Waals surface area (Å²) in [6.45, 7) is 7.88. The molecule has 0 amide bonds. The van der Waals surface area contributed by atoms with Crippen molar-refractivity contribution in [2.45, 2.75) is 96.7 Å². The van der Waals surface area contributed by atoms with E-state index in [1.165, 1.54) is 57.8 Å². The fourth-order valence-corrected chi connectivity index (χ4v) is 4.97. The average molecular weight is 279 g/mol. The van der Waals surface area contributed by atoms with Gasteiger partial charge in [-0.25, -0.2) is 0 Å². The van der Waals surface area contributed by atoms with Crippen molar-refractivity contribution in [3.63, 3.8) is 0 Å². The van der Waals surface area contributed by atoms with Crippen LogP contribution in [0.2, 0.25) is 0 Å². The van der Waals surface area contributed by atoms with Gasteiger partial charge in [0.25, 0.3) is 0 Å². The molecular weight excluding hydrogens is 246 g/mol. The first-order chi connectivity index (χ1) is 9.56. The molecular formula is C18H33NO. The van der Waals surface area contributed by atoms with Crippen molar-refractivity contribution in [2.75, 3.05) is 6.61 Å². The maximum atomic E-state index is 6.03. The van der Waals surface area contributed by atoms with Crippen LogP contribution in [0.3, 0.4) is 0 Å². The predicted molar refractivity (Wildman–Crippen MR) is 83.9 cm³/mol. The molecule has 3 aliphatic carbocycles. The maximum absolute atomic E-state index is 6.03. The Bertz CT molecular complexity index is 322. The summed E-state index contributed by atoms with van der Waals surface area (Å²) in [5, 5.41) is 4.03. The van der Waals surface area contributed by atoms with Gasteiger partial charge in [0, 0.05) is 24.1 Å². The van der Waals surface area contributed by atoms with Gasteiger partial charge >= 0.3 is 0 Å². The molecule has 0 radical (unpaired) electrons. The summed E-state index contributed by atoms with van der Waals surface area (Å²) in [4.78, 5) is 0. The van der Waals surface area contributed by atoms with Crippen molar-refractivity contribution >= 4 is 0 Å². The second kappa shape index (κ2) is 5.61. The largest absolute Gasteiger partial charge is 0.378 e. The van der Waals surface area contributed by atoms with E-state index in [4.69, 9.17) is 4.74 Å². The van der Waals surface area contributed by atoms with E-state index in [1.807, 2.05) is 0 Å². The second-order valence-electron chi connectivity index (χ2n) is 8.28. The van der Waals surface area contributed by atoms with Gasteiger partial charge in [-0.2, -0.15) is 0 Å². The summed E-state index contributed by atoms with van der Waals surface area (Å²) < 4.78 is 6.03. The number of ether oxygens (including phenoxy) is 1. The third-order valence-corrected chi connectivity index (χ3v) is 6.46. The molecule has 0 saturated heterocycles. The number of nitrogens with one attached hydrogen (secondary N) is 1. The number of hydrogen-bond donors (Lipinski definition) is 1. The molecule has 3 fully saturated rings. The Hall–Kier alpha value is -0.0800. The zero-order valence-corrected chi connectivity index (χ0v) is 13.7. The van der Waals surface area contributed by atoms with Gasteiger partial charge in [0.2, 0.25) is 0 Å². The van der Waals surface area contributed by atoms with E-state index in [0.717, 1.165) is 18.7 Å². The van der Waals surface area contributed by atoms with Crippen LogP contribution in [-0.2, 0) is 4.74 Å². The predicted octanol–water partition coefficient (Wildman–Crippen LogP) is 4.28. The van der Waals surface area contributed by atoms with Crippen molar-refractivity contribution in [1.82, 2.24) is 5.32 Å². The van der Waals surface area contributed by atoms with Gasteiger partial charge in [0.1, 0.15) is 0 Å². The molecule has 2 unspecified atom stereocenters. The Labute approximate surface area is 125 Å². The van der Waals surface area contributed by atoms with Crippen LogP contribution >= 0.6 is 0 Å². The fraction of sp³-hybridized carbons (Fsp3) is 1.00. The Morgan fingerprint density at radius 3 is 2.30 bits per heavy atom. The van der Waals surface area contributed by atoms with E-state index in [1.54, 1.807) is 0 Å². The summed E-state index contributed by atoms with van der Waals surface area (Å²) in [5.41, 5.74) is 1.08. The highest BCUT2D eigenvalue weighted by molar-refractivity contribution is 5.10. The van der Waals surface area contributed by atoms with Crippen LogP contribution in [0.25, 0.3) is 0 Å². The quantitative estimate of drug-likeness (QED) is 0.829. The van der Waals surface area contributed by atoms with Gasteiger partial charge in [-0.3, -0.25) is 0 Å². The van der Waals surface area contributed by atoms with E-state index < -0.39 is 0 Å². The van der Waals surface area contributed by atoms with Gasteiger partial charge in [-0.15, -0.1) is 0 Å². The Morgan fingerprint density at radius 2 is 1.70 bits per heavy atom. The smallest absolute Gasteiger partial charge is 0.0661 e. The summed E-state index contributed by atoms with van der Waals surface area (Å²) in [5.74, 6) is 0. The van der Waals surface area contributed by atoms with Gasteiger partial charge in [-0.1, -0.05) is 26.7 Å². The monoisotopic (exact) mass is 279 g/mol. The van der Waals surface area contributed by atoms with Crippen LogP contribution in [0.4, 0.5) is 0 Å². The molecule has 0 aromatic heterocycles. The van der Waals surface area contributed by atoms with Crippen molar-refractivity contribution in [2.24, 2.45) is 10.8 Å². The summed E-state index contributed by atoms with van der Waals surface area (Å²) >= 11 is 0. The molecule has 1 N–H and O–H groups in total. The third-order valence-electron chi connectivity index (χ3n) is 6.46. The van der Waals surface area contributed by atoms with Crippen LogP contribution in [0.1, 0.15) is 78.6 Å². The Kier molecular flexibility index (Phi) is 4.16. The molecule has 1 spiro atoms. The van der Waals surface area contributed by atoms with E-state index in [9.17, 15) is 0 Å². The normalized spacial score (nSPS) is 36.1. The van der Waals surface area contributed by atoms with Gasteiger partial charge in [0.05, 0.1) is 6.10 Å². The molecule has 0 aliphatic heterocycles. The van der Waals surface area contributed by atoms with Crippen molar-refractivity contribution in [3.8, 4) is 0 Å². The van der Waals surface area contributed by atoms with Crippen molar-refractivity contribution < 1.29 is 4.74 Å². The molecule has 3 rings (SSSR count). The summed E-state index contributed by atoms with van der Waals surface area (Å²) in [7, 11) is 0. The molecule has 0 aromatic rings. The lowest BCUT2D eigenvalue weighted by atomic mass is 9.60. The van der Waals surface area contributed by atoms with Gasteiger partial charge in [0.15, 0.2) is 0 Å². The highest BCUT2D eigenvalue weighted by Crippen LogP contribution is 2.55. The van der Waals surface area contributed by atoms with Crippen molar-refractivity contribution in [1.29, 1.82) is 0 Å². The second-order valence-corrected chi connectivity index (χ2v) is 8.28. The Morgan fingerprint density at radius 1 is 1.05 bits per heavy atom. The zero-order valence-electron chi connectivity index (χ0n) is 13.7. The average Bonchev–Trinajstić information content (AvgIpc) is 2.92. The Balaban J connectivity index is 1.56. The summed E-state index contributed by atoms with van der Waals surface area (Å²) in [6.07, 6.45) is 13.0. The minimum atomic E-state index is 0.503. The molecule has 0 heterocycles. The molecule has 2 nitrogen and oxygen atoms in total. The van der Waals surface area contributed by atoms with E-state index in [0.29, 0.717) is 16.9 Å².